The van der Waals surface area contributed by atoms with Crippen molar-refractivity contribution in [2.75, 3.05) is 13.1 Å². The average Bonchev–Trinajstić information content (AvgIpc) is 2.43. The lowest BCUT2D eigenvalue weighted by atomic mass is 9.83. The van der Waals surface area contributed by atoms with Crippen molar-refractivity contribution in [1.82, 2.24) is 5.32 Å². The molecule has 2 atom stereocenters. The Morgan fingerprint density at radius 3 is 3.05 bits per heavy atom. The van der Waals surface area contributed by atoms with Crippen molar-refractivity contribution in [3.05, 3.63) is 34.1 Å². The third kappa shape index (κ3) is 4.38. The van der Waals surface area contributed by atoms with Crippen LogP contribution in [0.1, 0.15) is 31.7 Å². The minimum absolute atomic E-state index is 0.189. The molecule has 1 aromatic carbocycles. The Balaban J connectivity index is 1.89. The summed E-state index contributed by atoms with van der Waals surface area (Å²) in [6.45, 7) is 4.25. The van der Waals surface area contributed by atoms with Crippen molar-refractivity contribution in [3.8, 4) is 0 Å². The maximum absolute atomic E-state index is 13.2. The van der Waals surface area contributed by atoms with Crippen molar-refractivity contribution < 1.29 is 9.18 Å². The SMILES string of the molecule is CC(CC(=O)Cc1cc(F)ccc1Br)C1CCCNC1. The van der Waals surface area contributed by atoms with Crippen LogP contribution in [0.25, 0.3) is 0 Å². The van der Waals surface area contributed by atoms with Crippen LogP contribution in [0.5, 0.6) is 0 Å². The Kier molecular flexibility index (Phi) is 5.73. The molecule has 1 aliphatic heterocycles. The Morgan fingerprint density at radius 1 is 1.55 bits per heavy atom. The van der Waals surface area contributed by atoms with E-state index in [0.29, 0.717) is 24.7 Å². The number of rotatable bonds is 5. The Labute approximate surface area is 128 Å². The van der Waals surface area contributed by atoms with Gasteiger partial charge in [0.05, 0.1) is 0 Å². The Morgan fingerprint density at radius 2 is 2.35 bits per heavy atom. The van der Waals surface area contributed by atoms with Crippen molar-refractivity contribution in [3.63, 3.8) is 0 Å². The minimum Gasteiger partial charge on any atom is -0.316 e. The number of ketones is 1. The summed E-state index contributed by atoms with van der Waals surface area (Å²) in [6, 6.07) is 4.50. The average molecular weight is 342 g/mol. The summed E-state index contributed by atoms with van der Waals surface area (Å²) in [5.74, 6) is 0.876. The second-order valence-electron chi connectivity index (χ2n) is 5.74. The van der Waals surface area contributed by atoms with Gasteiger partial charge in [0.25, 0.3) is 0 Å². The fourth-order valence-electron chi connectivity index (χ4n) is 2.85. The van der Waals surface area contributed by atoms with Gasteiger partial charge in [-0.15, -0.1) is 0 Å². The van der Waals surface area contributed by atoms with Gasteiger partial charge in [-0.3, -0.25) is 4.79 Å². The molecule has 0 amide bonds. The molecule has 0 saturated carbocycles. The van der Waals surface area contributed by atoms with E-state index in [1.165, 1.54) is 25.0 Å². The van der Waals surface area contributed by atoms with Crippen molar-refractivity contribution in [2.45, 2.75) is 32.6 Å². The van der Waals surface area contributed by atoms with E-state index in [-0.39, 0.29) is 11.6 Å². The van der Waals surface area contributed by atoms with Crippen LogP contribution in [0.4, 0.5) is 4.39 Å². The number of benzene rings is 1. The zero-order chi connectivity index (χ0) is 14.5. The highest BCUT2D eigenvalue weighted by atomic mass is 79.9. The summed E-state index contributed by atoms with van der Waals surface area (Å²) in [4.78, 5) is 12.2. The van der Waals surface area contributed by atoms with E-state index in [2.05, 4.69) is 28.2 Å². The van der Waals surface area contributed by atoms with Crippen LogP contribution >= 0.6 is 15.9 Å². The highest BCUT2D eigenvalue weighted by Gasteiger charge is 2.22. The van der Waals surface area contributed by atoms with Gasteiger partial charge >= 0.3 is 0 Å². The molecule has 1 heterocycles. The third-order valence-electron chi connectivity index (χ3n) is 4.08. The topological polar surface area (TPSA) is 29.1 Å². The Hall–Kier alpha value is -0.740. The lowest BCUT2D eigenvalue weighted by molar-refractivity contribution is -0.119. The molecule has 110 valence electrons. The van der Waals surface area contributed by atoms with E-state index in [4.69, 9.17) is 0 Å². The highest BCUT2D eigenvalue weighted by molar-refractivity contribution is 9.10. The van der Waals surface area contributed by atoms with Gasteiger partial charge in [-0.25, -0.2) is 4.39 Å². The number of hydrogen-bond donors (Lipinski definition) is 1. The fraction of sp³-hybridized carbons (Fsp3) is 0.562. The lowest BCUT2D eigenvalue weighted by Crippen LogP contribution is -2.34. The molecule has 1 fully saturated rings. The minimum atomic E-state index is -0.291. The summed E-state index contributed by atoms with van der Waals surface area (Å²) in [7, 11) is 0. The van der Waals surface area contributed by atoms with E-state index < -0.39 is 0 Å². The number of nitrogens with one attached hydrogen (secondary N) is 1. The smallest absolute Gasteiger partial charge is 0.137 e. The predicted octanol–water partition coefficient (Wildman–Crippen LogP) is 3.73. The van der Waals surface area contributed by atoms with Crippen LogP contribution in [0, 0.1) is 17.7 Å². The molecule has 2 rings (SSSR count). The van der Waals surface area contributed by atoms with Gasteiger partial charge in [-0.2, -0.15) is 0 Å². The molecule has 4 heteroatoms. The molecule has 1 saturated heterocycles. The molecule has 0 aromatic heterocycles. The van der Waals surface area contributed by atoms with Crippen molar-refractivity contribution >= 4 is 21.7 Å². The summed E-state index contributed by atoms with van der Waals surface area (Å²) in [5.41, 5.74) is 0.740. The van der Waals surface area contributed by atoms with Gasteiger partial charge in [0.2, 0.25) is 0 Å². The summed E-state index contributed by atoms with van der Waals surface area (Å²) in [5, 5.41) is 3.39. The Bertz CT molecular complexity index is 472. The first-order chi connectivity index (χ1) is 9.56. The van der Waals surface area contributed by atoms with E-state index >= 15 is 0 Å². The highest BCUT2D eigenvalue weighted by Crippen LogP contribution is 2.24. The zero-order valence-corrected chi connectivity index (χ0v) is 13.4. The van der Waals surface area contributed by atoms with Crippen molar-refractivity contribution in [2.24, 2.45) is 11.8 Å². The summed E-state index contributed by atoms with van der Waals surface area (Å²) >= 11 is 3.37. The zero-order valence-electron chi connectivity index (χ0n) is 11.8. The second-order valence-corrected chi connectivity index (χ2v) is 6.59. The summed E-state index contributed by atoms with van der Waals surface area (Å²) < 4.78 is 14.0. The molecule has 1 N–H and O–H groups in total. The van der Waals surface area contributed by atoms with Gasteiger partial charge in [0.15, 0.2) is 0 Å². The van der Waals surface area contributed by atoms with E-state index in [0.717, 1.165) is 23.1 Å². The van der Waals surface area contributed by atoms with Crippen LogP contribution in [0.3, 0.4) is 0 Å². The van der Waals surface area contributed by atoms with Gasteiger partial charge in [-0.1, -0.05) is 22.9 Å². The molecule has 0 radical (unpaired) electrons. The molecule has 0 spiro atoms. The van der Waals surface area contributed by atoms with Crippen LogP contribution in [-0.2, 0) is 11.2 Å². The van der Waals surface area contributed by atoms with Gasteiger partial charge in [-0.05, 0) is 61.5 Å². The molecule has 0 aliphatic carbocycles. The molecule has 2 unspecified atom stereocenters. The fourth-order valence-corrected chi connectivity index (χ4v) is 3.24. The van der Waals surface area contributed by atoms with Crippen LogP contribution in [0.15, 0.2) is 22.7 Å². The van der Waals surface area contributed by atoms with Crippen LogP contribution in [-0.4, -0.2) is 18.9 Å². The number of hydrogen-bond acceptors (Lipinski definition) is 2. The van der Waals surface area contributed by atoms with Crippen molar-refractivity contribution in [1.29, 1.82) is 0 Å². The molecule has 20 heavy (non-hydrogen) atoms. The van der Waals surface area contributed by atoms with Gasteiger partial charge in [0, 0.05) is 17.3 Å². The molecule has 1 aliphatic rings. The van der Waals surface area contributed by atoms with E-state index in [1.807, 2.05) is 0 Å². The third-order valence-corrected chi connectivity index (χ3v) is 4.86. The number of Topliss-reactive ketones (excluding diaryl/α,β-unsaturated/α-hetero) is 1. The first-order valence-electron chi connectivity index (χ1n) is 7.22. The first-order valence-corrected chi connectivity index (χ1v) is 8.02. The normalized spacial score (nSPS) is 20.6. The van der Waals surface area contributed by atoms with Crippen LogP contribution in [0.2, 0.25) is 0 Å². The monoisotopic (exact) mass is 341 g/mol. The predicted molar refractivity (Wildman–Crippen MR) is 82.2 cm³/mol. The summed E-state index contributed by atoms with van der Waals surface area (Å²) in [6.07, 6.45) is 3.28. The van der Waals surface area contributed by atoms with Gasteiger partial charge in [0.1, 0.15) is 11.6 Å². The number of carbonyl (C=O) groups excluding carboxylic acids is 1. The maximum Gasteiger partial charge on any atom is 0.137 e. The number of carbonyl (C=O) groups is 1. The molecule has 1 aromatic rings. The van der Waals surface area contributed by atoms with Gasteiger partial charge < -0.3 is 5.32 Å². The lowest BCUT2D eigenvalue weighted by Gasteiger charge is -2.28. The molecular weight excluding hydrogens is 321 g/mol. The molecule has 2 nitrogen and oxygen atoms in total. The van der Waals surface area contributed by atoms with E-state index in [1.54, 1.807) is 6.07 Å². The van der Waals surface area contributed by atoms with Crippen LogP contribution < -0.4 is 5.32 Å². The largest absolute Gasteiger partial charge is 0.316 e. The molecular formula is C16H21BrFNO. The second kappa shape index (κ2) is 7.32. The van der Waals surface area contributed by atoms with E-state index in [9.17, 15) is 9.18 Å². The standard InChI is InChI=1S/C16H21BrFNO/c1-11(12-3-2-6-19-10-12)7-15(20)9-13-8-14(18)4-5-16(13)17/h4-5,8,11-12,19H,2-3,6-7,9-10H2,1H3. The number of piperidine rings is 1. The quantitative estimate of drug-likeness (QED) is 0.884. The maximum atomic E-state index is 13.2. The molecule has 0 bridgehead atoms. The number of halogens is 2. The first kappa shape index (κ1) is 15.6.